The van der Waals surface area contributed by atoms with Crippen molar-refractivity contribution in [2.75, 3.05) is 38.1 Å². The number of benzene rings is 1. The quantitative estimate of drug-likeness (QED) is 0.490. The number of primary amides is 1. The van der Waals surface area contributed by atoms with E-state index in [2.05, 4.69) is 15.3 Å². The van der Waals surface area contributed by atoms with Crippen molar-refractivity contribution in [1.29, 1.82) is 0 Å². The summed E-state index contributed by atoms with van der Waals surface area (Å²) in [5.41, 5.74) is 8.03. The number of carbonyl (C=O) groups is 1. The monoisotopic (exact) mass is 481 g/mol. The number of nitrogens with one attached hydrogen (secondary N) is 1. The van der Waals surface area contributed by atoms with Gasteiger partial charge in [0, 0.05) is 24.2 Å². The van der Waals surface area contributed by atoms with Gasteiger partial charge in [-0.15, -0.1) is 0 Å². The van der Waals surface area contributed by atoms with Crippen molar-refractivity contribution in [3.8, 4) is 22.9 Å². The van der Waals surface area contributed by atoms with Crippen LogP contribution in [0.2, 0.25) is 0 Å². The van der Waals surface area contributed by atoms with E-state index in [9.17, 15) is 4.79 Å². The van der Waals surface area contributed by atoms with Crippen LogP contribution in [0, 0.1) is 0 Å². The van der Waals surface area contributed by atoms with Gasteiger partial charge in [-0.1, -0.05) is 0 Å². The maximum Gasteiger partial charge on any atom is 0.240 e. The number of methoxy groups -OCH3 is 3. The van der Waals surface area contributed by atoms with Gasteiger partial charge in [-0.2, -0.15) is 4.98 Å². The lowest BCUT2D eigenvalue weighted by molar-refractivity contribution is -0.119. The summed E-state index contributed by atoms with van der Waals surface area (Å²) < 4.78 is 23.8. The van der Waals surface area contributed by atoms with Gasteiger partial charge in [0.1, 0.15) is 24.0 Å². The van der Waals surface area contributed by atoms with Crippen LogP contribution in [-0.4, -0.2) is 59.3 Å². The smallest absolute Gasteiger partial charge is 0.240 e. The number of nitrogens with zero attached hydrogens (tertiary/aromatic N) is 5. The molecule has 12 heteroatoms. The molecule has 2 aliphatic rings. The molecule has 0 bridgehead atoms. The van der Waals surface area contributed by atoms with Gasteiger partial charge in [-0.3, -0.25) is 4.79 Å². The Hall–Kier alpha value is -4.06. The van der Waals surface area contributed by atoms with E-state index in [0.29, 0.717) is 61.0 Å². The second kappa shape index (κ2) is 9.29. The Morgan fingerprint density at radius 1 is 1.14 bits per heavy atom. The summed E-state index contributed by atoms with van der Waals surface area (Å²) in [5.74, 6) is 2.84. The van der Waals surface area contributed by atoms with Crippen LogP contribution in [0.4, 0.5) is 17.6 Å². The van der Waals surface area contributed by atoms with Crippen LogP contribution in [-0.2, 0) is 22.7 Å². The molecule has 4 heterocycles. The largest absolute Gasteiger partial charge is 0.493 e. The van der Waals surface area contributed by atoms with Crippen LogP contribution >= 0.6 is 0 Å². The third-order valence-electron chi connectivity index (χ3n) is 6.18. The van der Waals surface area contributed by atoms with E-state index in [-0.39, 0.29) is 5.91 Å². The molecule has 1 saturated heterocycles. The number of amides is 1. The maximum atomic E-state index is 11.9. The highest BCUT2D eigenvalue weighted by molar-refractivity contribution is 5.83. The summed E-state index contributed by atoms with van der Waals surface area (Å²) in [5, 5.41) is 3.29. The Labute approximate surface area is 202 Å². The van der Waals surface area contributed by atoms with Crippen LogP contribution < -0.4 is 30.2 Å². The van der Waals surface area contributed by atoms with E-state index >= 15 is 0 Å². The van der Waals surface area contributed by atoms with E-state index < -0.39 is 6.04 Å². The summed E-state index contributed by atoms with van der Waals surface area (Å²) in [6, 6.07) is 3.25. The second-order valence-corrected chi connectivity index (χ2v) is 8.22. The van der Waals surface area contributed by atoms with E-state index in [0.717, 1.165) is 23.4 Å². The molecule has 0 radical (unpaired) electrons. The van der Waals surface area contributed by atoms with Crippen molar-refractivity contribution in [3.63, 3.8) is 0 Å². The molecular formula is C23H27N7O5. The Balaban J connectivity index is 1.46. The molecule has 3 aromatic rings. The average molecular weight is 482 g/mol. The molecule has 1 fully saturated rings. The van der Waals surface area contributed by atoms with E-state index in [1.54, 1.807) is 27.7 Å². The third kappa shape index (κ3) is 4.16. The number of hydrogen-bond donors (Lipinski definition) is 2. The maximum absolute atomic E-state index is 11.9. The van der Waals surface area contributed by atoms with Crippen molar-refractivity contribution in [1.82, 2.24) is 19.5 Å². The standard InChI is InChI=1S/C23H27N7O5/c1-32-17-7-13(8-18(33-2)20(17)34-3)29-9-19(25-12-29)27-22-14-10-35-11-15(14)26-23(28-22)30-6-4-5-16(30)21(24)31/h7-9,12,16H,4-6,10-11H2,1-3H3,(H2,24,31)(H,26,27,28). The number of ether oxygens (including phenoxy) is 4. The number of fused-ring (bicyclic) bond motifs is 1. The zero-order valence-corrected chi connectivity index (χ0v) is 19.8. The van der Waals surface area contributed by atoms with Crippen molar-refractivity contribution in [2.24, 2.45) is 5.73 Å². The molecule has 1 atom stereocenters. The van der Waals surface area contributed by atoms with Gasteiger partial charge in [-0.05, 0) is 12.8 Å². The van der Waals surface area contributed by atoms with Crippen molar-refractivity contribution >= 4 is 23.5 Å². The fraction of sp³-hybridized carbons (Fsp3) is 0.391. The number of rotatable bonds is 8. The molecular weight excluding hydrogens is 454 g/mol. The number of anilines is 3. The van der Waals surface area contributed by atoms with E-state index in [1.807, 2.05) is 27.8 Å². The molecule has 3 N–H and O–H groups in total. The van der Waals surface area contributed by atoms with Gasteiger partial charge in [0.05, 0.1) is 52.1 Å². The minimum Gasteiger partial charge on any atom is -0.493 e. The lowest BCUT2D eigenvalue weighted by Crippen LogP contribution is -2.41. The topological polar surface area (TPSA) is 139 Å². The molecule has 2 aromatic heterocycles. The lowest BCUT2D eigenvalue weighted by Gasteiger charge is -2.23. The van der Waals surface area contributed by atoms with Gasteiger partial charge in [0.15, 0.2) is 11.5 Å². The number of nitrogens with two attached hydrogens (primary N) is 1. The van der Waals surface area contributed by atoms with Gasteiger partial charge in [0.25, 0.3) is 0 Å². The highest BCUT2D eigenvalue weighted by Gasteiger charge is 2.32. The Morgan fingerprint density at radius 2 is 1.91 bits per heavy atom. The van der Waals surface area contributed by atoms with Crippen LogP contribution in [0.25, 0.3) is 5.69 Å². The molecule has 184 valence electrons. The Bertz CT molecular complexity index is 1240. The van der Waals surface area contributed by atoms with Crippen molar-refractivity contribution < 1.29 is 23.7 Å². The molecule has 5 rings (SSSR count). The minimum absolute atomic E-state index is 0.374. The zero-order valence-electron chi connectivity index (χ0n) is 19.8. The number of aromatic nitrogens is 4. The highest BCUT2D eigenvalue weighted by Crippen LogP contribution is 2.39. The molecule has 35 heavy (non-hydrogen) atoms. The molecule has 0 saturated carbocycles. The zero-order chi connectivity index (χ0) is 24.5. The fourth-order valence-corrected chi connectivity index (χ4v) is 4.44. The Kier molecular flexibility index (Phi) is 6.03. The average Bonchev–Trinajstić information content (AvgIpc) is 3.63. The Morgan fingerprint density at radius 3 is 2.60 bits per heavy atom. The first kappa shape index (κ1) is 22.7. The summed E-state index contributed by atoms with van der Waals surface area (Å²) >= 11 is 0. The predicted octanol–water partition coefficient (Wildman–Crippen LogP) is 1.92. The first-order valence-electron chi connectivity index (χ1n) is 11.2. The number of hydrogen-bond acceptors (Lipinski definition) is 10. The fourth-order valence-electron chi connectivity index (χ4n) is 4.44. The molecule has 0 spiro atoms. The first-order chi connectivity index (χ1) is 17.0. The van der Waals surface area contributed by atoms with Gasteiger partial charge in [-0.25, -0.2) is 9.97 Å². The molecule has 1 aromatic carbocycles. The number of imidazole rings is 1. The van der Waals surface area contributed by atoms with Crippen molar-refractivity contribution in [3.05, 3.63) is 35.9 Å². The van der Waals surface area contributed by atoms with Crippen LogP contribution in [0.1, 0.15) is 24.1 Å². The SMILES string of the molecule is COc1cc(-n2cnc(Nc3nc(N4CCCC4C(N)=O)nc4c3COC4)c2)cc(OC)c1OC. The summed E-state index contributed by atoms with van der Waals surface area (Å²) in [4.78, 5) is 27.6. The predicted molar refractivity (Wildman–Crippen MR) is 127 cm³/mol. The summed E-state index contributed by atoms with van der Waals surface area (Å²) in [6.07, 6.45) is 5.04. The van der Waals surface area contributed by atoms with Gasteiger partial charge >= 0.3 is 0 Å². The minimum atomic E-state index is -0.414. The van der Waals surface area contributed by atoms with E-state index in [4.69, 9.17) is 29.7 Å². The summed E-state index contributed by atoms with van der Waals surface area (Å²) in [7, 11) is 4.70. The molecule has 1 unspecified atom stereocenters. The van der Waals surface area contributed by atoms with Crippen LogP contribution in [0.3, 0.4) is 0 Å². The normalized spacial score (nSPS) is 16.8. The van der Waals surface area contributed by atoms with E-state index in [1.165, 1.54) is 0 Å². The lowest BCUT2D eigenvalue weighted by atomic mass is 10.2. The number of carbonyl (C=O) groups excluding carboxylic acids is 1. The molecule has 2 aliphatic heterocycles. The van der Waals surface area contributed by atoms with Gasteiger partial charge in [0.2, 0.25) is 17.6 Å². The third-order valence-corrected chi connectivity index (χ3v) is 6.18. The molecule has 12 nitrogen and oxygen atoms in total. The van der Waals surface area contributed by atoms with Crippen molar-refractivity contribution in [2.45, 2.75) is 32.1 Å². The second-order valence-electron chi connectivity index (χ2n) is 8.22. The summed E-state index contributed by atoms with van der Waals surface area (Å²) in [6.45, 7) is 1.45. The van der Waals surface area contributed by atoms with Crippen LogP contribution in [0.15, 0.2) is 24.7 Å². The van der Waals surface area contributed by atoms with Crippen LogP contribution in [0.5, 0.6) is 17.2 Å². The van der Waals surface area contributed by atoms with Gasteiger partial charge < -0.3 is 39.5 Å². The molecule has 0 aliphatic carbocycles. The first-order valence-corrected chi connectivity index (χ1v) is 11.2. The highest BCUT2D eigenvalue weighted by atomic mass is 16.5. The molecule has 1 amide bonds.